The quantitative estimate of drug-likeness (QED) is 0.883. The predicted octanol–water partition coefficient (Wildman–Crippen LogP) is 2.61. The molecule has 0 aromatic heterocycles. The van der Waals surface area contributed by atoms with E-state index in [2.05, 4.69) is 19.2 Å². The first-order valence-electron chi connectivity index (χ1n) is 5.48. The highest BCUT2D eigenvalue weighted by Crippen LogP contribution is 2.38. The van der Waals surface area contributed by atoms with Crippen molar-refractivity contribution in [2.24, 2.45) is 0 Å². The molecule has 0 spiro atoms. The first-order valence-corrected chi connectivity index (χ1v) is 5.86. The summed E-state index contributed by atoms with van der Waals surface area (Å²) in [6.07, 6.45) is 0. The van der Waals surface area contributed by atoms with E-state index in [0.29, 0.717) is 30.0 Å². The second kappa shape index (κ2) is 4.93. The van der Waals surface area contributed by atoms with Crippen LogP contribution in [0.5, 0.6) is 11.5 Å². The molecule has 0 saturated carbocycles. The van der Waals surface area contributed by atoms with Crippen molar-refractivity contribution in [3.63, 3.8) is 0 Å². The molecule has 0 fully saturated rings. The molecule has 2 rings (SSSR count). The molecule has 1 aliphatic rings. The van der Waals surface area contributed by atoms with Gasteiger partial charge in [-0.15, -0.1) is 0 Å². The van der Waals surface area contributed by atoms with Gasteiger partial charge < -0.3 is 14.8 Å². The highest BCUT2D eigenvalue weighted by molar-refractivity contribution is 6.32. The second-order valence-corrected chi connectivity index (χ2v) is 4.54. The molecular formula is C12H16ClNO2. The van der Waals surface area contributed by atoms with Gasteiger partial charge in [-0.3, -0.25) is 0 Å². The van der Waals surface area contributed by atoms with E-state index in [9.17, 15) is 0 Å². The summed E-state index contributed by atoms with van der Waals surface area (Å²) in [4.78, 5) is 0. The highest BCUT2D eigenvalue weighted by atomic mass is 35.5. The van der Waals surface area contributed by atoms with Crippen LogP contribution in [0.25, 0.3) is 0 Å². The second-order valence-electron chi connectivity index (χ2n) is 4.14. The summed E-state index contributed by atoms with van der Waals surface area (Å²) in [7, 11) is 0. The molecule has 3 nitrogen and oxygen atoms in total. The van der Waals surface area contributed by atoms with E-state index < -0.39 is 0 Å². The minimum atomic E-state index is 0.451. The first-order chi connectivity index (χ1) is 7.66. The number of ether oxygens (including phenoxy) is 2. The molecule has 4 heteroatoms. The summed E-state index contributed by atoms with van der Waals surface area (Å²) in [5.74, 6) is 1.42. The lowest BCUT2D eigenvalue weighted by Crippen LogP contribution is -2.22. The number of hydrogen-bond donors (Lipinski definition) is 1. The fourth-order valence-electron chi connectivity index (χ4n) is 1.59. The average Bonchev–Trinajstić information content (AvgIpc) is 2.26. The summed E-state index contributed by atoms with van der Waals surface area (Å²) in [5.41, 5.74) is 1.11. The lowest BCUT2D eigenvalue weighted by molar-refractivity contribution is 0.171. The van der Waals surface area contributed by atoms with Gasteiger partial charge in [0, 0.05) is 12.6 Å². The van der Waals surface area contributed by atoms with Crippen molar-refractivity contribution in [2.45, 2.75) is 26.4 Å². The number of rotatable bonds is 3. The van der Waals surface area contributed by atoms with Crippen molar-refractivity contribution < 1.29 is 9.47 Å². The summed E-state index contributed by atoms with van der Waals surface area (Å²) in [6, 6.07) is 4.35. The van der Waals surface area contributed by atoms with Crippen molar-refractivity contribution in [1.82, 2.24) is 5.32 Å². The third-order valence-electron chi connectivity index (χ3n) is 2.37. The Balaban J connectivity index is 2.18. The van der Waals surface area contributed by atoms with Crippen LogP contribution in [0.4, 0.5) is 0 Å². The number of nitrogens with one attached hydrogen (secondary N) is 1. The zero-order chi connectivity index (χ0) is 11.5. The number of benzene rings is 1. The van der Waals surface area contributed by atoms with Crippen molar-refractivity contribution >= 4 is 11.6 Å². The molecule has 0 bridgehead atoms. The van der Waals surface area contributed by atoms with Crippen molar-refractivity contribution in [3.8, 4) is 11.5 Å². The maximum Gasteiger partial charge on any atom is 0.179 e. The molecular weight excluding hydrogens is 226 g/mol. The van der Waals surface area contributed by atoms with Gasteiger partial charge in [0.2, 0.25) is 0 Å². The highest BCUT2D eigenvalue weighted by Gasteiger charge is 2.16. The Kier molecular flexibility index (Phi) is 3.56. The van der Waals surface area contributed by atoms with Crippen LogP contribution in [-0.2, 0) is 6.54 Å². The summed E-state index contributed by atoms with van der Waals surface area (Å²) < 4.78 is 11.0. The lowest BCUT2D eigenvalue weighted by atomic mass is 10.2. The number of hydrogen-bond acceptors (Lipinski definition) is 3. The molecule has 88 valence electrons. The number of halogens is 1. The zero-order valence-electron chi connectivity index (χ0n) is 9.55. The molecule has 0 saturated heterocycles. The van der Waals surface area contributed by atoms with Gasteiger partial charge in [-0.25, -0.2) is 0 Å². The van der Waals surface area contributed by atoms with Crippen LogP contribution in [0.3, 0.4) is 0 Å². The Morgan fingerprint density at radius 3 is 2.81 bits per heavy atom. The minimum absolute atomic E-state index is 0.451. The van der Waals surface area contributed by atoms with Crippen LogP contribution in [0, 0.1) is 0 Å². The van der Waals surface area contributed by atoms with Gasteiger partial charge in [-0.05, 0) is 17.7 Å². The van der Waals surface area contributed by atoms with Gasteiger partial charge in [-0.2, -0.15) is 0 Å². The molecule has 1 heterocycles. The van der Waals surface area contributed by atoms with E-state index in [1.165, 1.54) is 0 Å². The zero-order valence-corrected chi connectivity index (χ0v) is 10.3. The van der Waals surface area contributed by atoms with Gasteiger partial charge in [0.1, 0.15) is 13.2 Å². The normalized spacial score (nSPS) is 14.2. The van der Waals surface area contributed by atoms with E-state index in [1.807, 2.05) is 12.1 Å². The molecule has 0 amide bonds. The van der Waals surface area contributed by atoms with Crippen LogP contribution in [0.15, 0.2) is 12.1 Å². The van der Waals surface area contributed by atoms with Crippen molar-refractivity contribution in [1.29, 1.82) is 0 Å². The molecule has 1 aliphatic heterocycles. The van der Waals surface area contributed by atoms with Crippen LogP contribution in [0.2, 0.25) is 5.02 Å². The Bertz CT molecular complexity index is 380. The molecule has 1 aromatic carbocycles. The number of fused-ring (bicyclic) bond motifs is 1. The fraction of sp³-hybridized carbons (Fsp3) is 0.500. The maximum absolute atomic E-state index is 6.13. The molecule has 1 aromatic rings. The van der Waals surface area contributed by atoms with Crippen molar-refractivity contribution in [3.05, 3.63) is 22.7 Å². The van der Waals surface area contributed by atoms with Gasteiger partial charge in [0.15, 0.2) is 11.5 Å². The maximum atomic E-state index is 6.13. The third-order valence-corrected chi connectivity index (χ3v) is 2.65. The van der Waals surface area contributed by atoms with Crippen LogP contribution >= 0.6 is 11.6 Å². The Morgan fingerprint density at radius 1 is 1.31 bits per heavy atom. The molecule has 0 atom stereocenters. The molecule has 0 unspecified atom stereocenters. The van der Waals surface area contributed by atoms with Crippen LogP contribution in [0.1, 0.15) is 19.4 Å². The van der Waals surface area contributed by atoms with E-state index in [-0.39, 0.29) is 0 Å². The lowest BCUT2D eigenvalue weighted by Gasteiger charge is -2.20. The Morgan fingerprint density at radius 2 is 2.06 bits per heavy atom. The average molecular weight is 242 g/mol. The SMILES string of the molecule is CC(C)NCc1cc(Cl)c2c(c1)OCCO2. The molecule has 0 aliphatic carbocycles. The van der Waals surface area contributed by atoms with Gasteiger partial charge in [0.05, 0.1) is 5.02 Å². The predicted molar refractivity (Wildman–Crippen MR) is 64.4 cm³/mol. The molecule has 1 N–H and O–H groups in total. The largest absolute Gasteiger partial charge is 0.486 e. The van der Waals surface area contributed by atoms with Gasteiger partial charge in [0.25, 0.3) is 0 Å². The van der Waals surface area contributed by atoms with Gasteiger partial charge >= 0.3 is 0 Å². The monoisotopic (exact) mass is 241 g/mol. The summed E-state index contributed by atoms with van der Waals surface area (Å²) >= 11 is 6.13. The smallest absolute Gasteiger partial charge is 0.179 e. The van der Waals surface area contributed by atoms with E-state index in [1.54, 1.807) is 0 Å². The minimum Gasteiger partial charge on any atom is -0.486 e. The van der Waals surface area contributed by atoms with Crippen molar-refractivity contribution in [2.75, 3.05) is 13.2 Å². The van der Waals surface area contributed by atoms with E-state index >= 15 is 0 Å². The van der Waals surface area contributed by atoms with Crippen LogP contribution < -0.4 is 14.8 Å². The molecule has 0 radical (unpaired) electrons. The standard InChI is InChI=1S/C12H16ClNO2/c1-8(2)14-7-9-5-10(13)12-11(6-9)15-3-4-16-12/h5-6,8,14H,3-4,7H2,1-2H3. The van der Waals surface area contributed by atoms with E-state index in [0.717, 1.165) is 17.9 Å². The van der Waals surface area contributed by atoms with E-state index in [4.69, 9.17) is 21.1 Å². The fourth-order valence-corrected chi connectivity index (χ4v) is 1.88. The molecule has 16 heavy (non-hydrogen) atoms. The van der Waals surface area contributed by atoms with Crippen LogP contribution in [-0.4, -0.2) is 19.3 Å². The Labute approximate surface area is 101 Å². The first kappa shape index (κ1) is 11.6. The van der Waals surface area contributed by atoms with Gasteiger partial charge in [-0.1, -0.05) is 25.4 Å². The Hall–Kier alpha value is -0.930. The summed E-state index contributed by atoms with van der Waals surface area (Å²) in [6.45, 7) is 6.16. The third kappa shape index (κ3) is 2.60. The summed E-state index contributed by atoms with van der Waals surface area (Å²) in [5, 5.41) is 3.96. The topological polar surface area (TPSA) is 30.5 Å².